The molecule has 0 heterocycles. The van der Waals surface area contributed by atoms with Crippen LogP contribution >= 0.6 is 8.03 Å². The van der Waals surface area contributed by atoms with Crippen LogP contribution in [-0.2, 0) is 9.09 Å². The fourth-order valence-corrected chi connectivity index (χ4v) is 1.88. The highest BCUT2D eigenvalue weighted by atomic mass is 31.1. The van der Waals surface area contributed by atoms with E-state index in [9.17, 15) is 4.57 Å². The average Bonchev–Trinajstić information content (AvgIpc) is 2.01. The summed E-state index contributed by atoms with van der Waals surface area (Å²) in [5.41, 5.74) is 0. The van der Waals surface area contributed by atoms with Gasteiger partial charge in [0.2, 0.25) is 0 Å². The van der Waals surface area contributed by atoms with Crippen LogP contribution in [0.3, 0.4) is 0 Å². The average molecular weight is 190 g/mol. The third-order valence-corrected chi connectivity index (χ3v) is 2.62. The van der Waals surface area contributed by atoms with E-state index in [4.69, 9.17) is 4.52 Å². The Morgan fingerprint density at radius 1 is 1.58 bits per heavy atom. The molecule has 0 radical (unpaired) electrons. The Morgan fingerprint density at radius 3 is 2.75 bits per heavy atom. The molecule has 0 bridgehead atoms. The summed E-state index contributed by atoms with van der Waals surface area (Å²) < 4.78 is 16.3. The van der Waals surface area contributed by atoms with Crippen LogP contribution in [0.1, 0.15) is 26.7 Å². The summed E-state index contributed by atoms with van der Waals surface area (Å²) in [7, 11) is -1.76. The normalized spacial score (nSPS) is 13.2. The predicted octanol–water partition coefficient (Wildman–Crippen LogP) is 3.10. The van der Waals surface area contributed by atoms with Crippen LogP contribution in [0, 0.1) is 5.92 Å². The first-order valence-electron chi connectivity index (χ1n) is 4.43. The summed E-state index contributed by atoms with van der Waals surface area (Å²) in [6, 6.07) is 0. The van der Waals surface area contributed by atoms with Gasteiger partial charge in [0, 0.05) is 6.16 Å². The molecule has 0 saturated heterocycles. The highest BCUT2D eigenvalue weighted by Gasteiger charge is 2.00. The fraction of sp³-hybridized carbons (Fsp3) is 0.778. The molecule has 0 aromatic rings. The molecule has 0 N–H and O–H groups in total. The van der Waals surface area contributed by atoms with Crippen molar-refractivity contribution in [2.45, 2.75) is 26.7 Å². The van der Waals surface area contributed by atoms with E-state index in [2.05, 4.69) is 20.4 Å². The van der Waals surface area contributed by atoms with Crippen LogP contribution in [0.4, 0.5) is 0 Å². The lowest BCUT2D eigenvalue weighted by atomic mass is 10.2. The maximum Gasteiger partial charge on any atom is 0.191 e. The zero-order valence-corrected chi connectivity index (χ0v) is 9.01. The molecular formula is C9H19O2P. The second-order valence-corrected chi connectivity index (χ2v) is 4.79. The first kappa shape index (κ1) is 11.9. The van der Waals surface area contributed by atoms with E-state index in [0.717, 1.165) is 12.8 Å². The molecule has 0 aliphatic carbocycles. The van der Waals surface area contributed by atoms with Crippen molar-refractivity contribution in [2.75, 3.05) is 12.8 Å². The SMILES string of the molecule is C=CCCC[PH](=O)OCC(C)C. The minimum atomic E-state index is -1.76. The summed E-state index contributed by atoms with van der Waals surface area (Å²) in [5, 5.41) is 0. The van der Waals surface area contributed by atoms with E-state index in [0.29, 0.717) is 18.7 Å². The third-order valence-electron chi connectivity index (χ3n) is 1.37. The molecule has 0 spiro atoms. The zero-order chi connectivity index (χ0) is 9.40. The molecule has 0 saturated carbocycles. The van der Waals surface area contributed by atoms with Crippen LogP contribution in [0.2, 0.25) is 0 Å². The van der Waals surface area contributed by atoms with E-state index < -0.39 is 8.03 Å². The molecule has 2 nitrogen and oxygen atoms in total. The molecule has 3 heteroatoms. The monoisotopic (exact) mass is 190 g/mol. The van der Waals surface area contributed by atoms with Crippen LogP contribution in [-0.4, -0.2) is 12.8 Å². The Hall–Kier alpha value is -0.0700. The number of allylic oxidation sites excluding steroid dienone is 1. The van der Waals surface area contributed by atoms with Gasteiger partial charge < -0.3 is 4.52 Å². The van der Waals surface area contributed by atoms with E-state index >= 15 is 0 Å². The highest BCUT2D eigenvalue weighted by molar-refractivity contribution is 7.39. The Morgan fingerprint density at radius 2 is 2.25 bits per heavy atom. The predicted molar refractivity (Wildman–Crippen MR) is 54.1 cm³/mol. The van der Waals surface area contributed by atoms with Crippen molar-refractivity contribution < 1.29 is 9.09 Å². The molecule has 0 aliphatic heterocycles. The van der Waals surface area contributed by atoms with Crippen molar-refractivity contribution >= 4 is 8.03 Å². The largest absolute Gasteiger partial charge is 0.330 e. The lowest BCUT2D eigenvalue weighted by Gasteiger charge is -2.05. The van der Waals surface area contributed by atoms with Gasteiger partial charge in [0.15, 0.2) is 8.03 Å². The van der Waals surface area contributed by atoms with Gasteiger partial charge >= 0.3 is 0 Å². The molecule has 0 aromatic heterocycles. The van der Waals surface area contributed by atoms with Crippen molar-refractivity contribution in [3.05, 3.63) is 12.7 Å². The first-order valence-corrected chi connectivity index (χ1v) is 5.95. The molecule has 0 fully saturated rings. The molecule has 72 valence electrons. The standard InChI is InChI=1S/C9H19O2P/c1-4-5-6-7-12(10)11-8-9(2)3/h4,9,12H,1,5-8H2,2-3H3. The second-order valence-electron chi connectivity index (χ2n) is 3.26. The second kappa shape index (κ2) is 7.57. The van der Waals surface area contributed by atoms with Crippen LogP contribution in [0.25, 0.3) is 0 Å². The van der Waals surface area contributed by atoms with Gasteiger partial charge in [-0.2, -0.15) is 0 Å². The third kappa shape index (κ3) is 8.03. The highest BCUT2D eigenvalue weighted by Crippen LogP contribution is 2.24. The summed E-state index contributed by atoms with van der Waals surface area (Å²) in [4.78, 5) is 0. The maximum atomic E-state index is 11.2. The van der Waals surface area contributed by atoms with E-state index in [1.807, 2.05) is 6.08 Å². The molecule has 0 amide bonds. The summed E-state index contributed by atoms with van der Waals surface area (Å²) in [6.45, 7) is 8.33. The Labute approximate surface area is 75.9 Å². The van der Waals surface area contributed by atoms with E-state index in [1.54, 1.807) is 0 Å². The van der Waals surface area contributed by atoms with Gasteiger partial charge in [-0.25, -0.2) is 0 Å². The lowest BCUT2D eigenvalue weighted by Crippen LogP contribution is -1.96. The molecule has 1 unspecified atom stereocenters. The molecule has 0 rings (SSSR count). The fourth-order valence-electron chi connectivity index (χ4n) is 0.723. The van der Waals surface area contributed by atoms with Gasteiger partial charge in [0.1, 0.15) is 0 Å². The lowest BCUT2D eigenvalue weighted by molar-refractivity contribution is 0.282. The smallest absolute Gasteiger partial charge is 0.191 e. The number of rotatable bonds is 7. The van der Waals surface area contributed by atoms with Gasteiger partial charge in [-0.1, -0.05) is 19.9 Å². The molecule has 1 atom stereocenters. The van der Waals surface area contributed by atoms with Crippen molar-refractivity contribution in [2.24, 2.45) is 5.92 Å². The molecular weight excluding hydrogens is 171 g/mol. The Bertz CT molecular complexity index is 143. The maximum absolute atomic E-state index is 11.2. The first-order chi connectivity index (χ1) is 5.66. The van der Waals surface area contributed by atoms with Crippen molar-refractivity contribution in [1.82, 2.24) is 0 Å². The summed E-state index contributed by atoms with van der Waals surface area (Å²) in [5.74, 6) is 0.471. The van der Waals surface area contributed by atoms with Crippen LogP contribution in [0.5, 0.6) is 0 Å². The minimum Gasteiger partial charge on any atom is -0.330 e. The Kier molecular flexibility index (Phi) is 7.53. The van der Waals surface area contributed by atoms with E-state index in [1.165, 1.54) is 0 Å². The quantitative estimate of drug-likeness (QED) is 0.350. The van der Waals surface area contributed by atoms with Gasteiger partial charge in [-0.05, 0) is 18.8 Å². The molecule has 0 aliphatic rings. The zero-order valence-electron chi connectivity index (χ0n) is 8.01. The van der Waals surface area contributed by atoms with Crippen molar-refractivity contribution in [3.63, 3.8) is 0 Å². The van der Waals surface area contributed by atoms with Gasteiger partial charge in [0.05, 0.1) is 6.61 Å². The number of hydrogen-bond donors (Lipinski definition) is 0. The molecule has 12 heavy (non-hydrogen) atoms. The minimum absolute atomic E-state index is 0.471. The van der Waals surface area contributed by atoms with Gasteiger partial charge in [0.25, 0.3) is 0 Å². The van der Waals surface area contributed by atoms with Crippen molar-refractivity contribution in [3.8, 4) is 0 Å². The number of unbranched alkanes of at least 4 members (excludes halogenated alkanes) is 1. The van der Waals surface area contributed by atoms with Crippen molar-refractivity contribution in [1.29, 1.82) is 0 Å². The van der Waals surface area contributed by atoms with E-state index in [-0.39, 0.29) is 0 Å². The van der Waals surface area contributed by atoms with Crippen LogP contribution < -0.4 is 0 Å². The topological polar surface area (TPSA) is 26.3 Å². The van der Waals surface area contributed by atoms with Gasteiger partial charge in [-0.3, -0.25) is 4.57 Å². The number of hydrogen-bond acceptors (Lipinski definition) is 2. The van der Waals surface area contributed by atoms with Crippen LogP contribution in [0.15, 0.2) is 12.7 Å². The summed E-state index contributed by atoms with van der Waals surface area (Å²) >= 11 is 0. The summed E-state index contributed by atoms with van der Waals surface area (Å²) in [6.07, 6.45) is 4.40. The molecule has 0 aromatic carbocycles. The Balaban J connectivity index is 3.27. The van der Waals surface area contributed by atoms with Gasteiger partial charge in [-0.15, -0.1) is 6.58 Å².